The Morgan fingerprint density at radius 2 is 2.08 bits per heavy atom. The first-order chi connectivity index (χ1) is 5.57. The molecule has 0 saturated heterocycles. The number of hydrogen-bond acceptors (Lipinski definition) is 1. The van der Waals surface area contributed by atoms with Crippen LogP contribution in [-0.4, -0.2) is 0 Å². The quantitative estimate of drug-likeness (QED) is 0.791. The molecule has 3 heteroatoms. The van der Waals surface area contributed by atoms with Gasteiger partial charge in [-0.1, -0.05) is 0 Å². The summed E-state index contributed by atoms with van der Waals surface area (Å²) in [5, 5.41) is 0. The van der Waals surface area contributed by atoms with Gasteiger partial charge in [0.15, 0.2) is 0 Å². The third-order valence-electron chi connectivity index (χ3n) is 2.07. The highest BCUT2D eigenvalue weighted by atomic mass is 79.9. The van der Waals surface area contributed by atoms with Crippen LogP contribution in [0.2, 0.25) is 0 Å². The van der Waals surface area contributed by atoms with Crippen LogP contribution in [0.15, 0.2) is 10.5 Å². The first-order valence-electron chi connectivity index (χ1n) is 3.72. The summed E-state index contributed by atoms with van der Waals surface area (Å²) in [5.74, 6) is -0.237. The minimum absolute atomic E-state index is 0.237. The molecule has 0 radical (unpaired) electrons. The standard InChI is InChI=1S/C9H11BrFN/c1-5-3-8(11)9(10)7(4-12)6(5)2/h3H,4,12H2,1-2H3. The van der Waals surface area contributed by atoms with E-state index in [-0.39, 0.29) is 5.82 Å². The Balaban J connectivity index is 3.42. The van der Waals surface area contributed by atoms with Crippen molar-refractivity contribution in [2.45, 2.75) is 20.4 Å². The molecule has 0 amide bonds. The van der Waals surface area contributed by atoms with Crippen molar-refractivity contribution in [2.24, 2.45) is 5.73 Å². The summed E-state index contributed by atoms with van der Waals surface area (Å²) >= 11 is 3.17. The molecule has 0 atom stereocenters. The average molecular weight is 232 g/mol. The number of halogens is 2. The van der Waals surface area contributed by atoms with Gasteiger partial charge >= 0.3 is 0 Å². The van der Waals surface area contributed by atoms with Crippen LogP contribution in [0.25, 0.3) is 0 Å². The number of rotatable bonds is 1. The Kier molecular flexibility index (Phi) is 2.85. The SMILES string of the molecule is Cc1cc(F)c(Br)c(CN)c1C. The smallest absolute Gasteiger partial charge is 0.137 e. The second kappa shape index (κ2) is 3.54. The highest BCUT2D eigenvalue weighted by Crippen LogP contribution is 2.25. The first kappa shape index (κ1) is 9.68. The van der Waals surface area contributed by atoms with Gasteiger partial charge in [-0.2, -0.15) is 0 Å². The lowest BCUT2D eigenvalue weighted by Gasteiger charge is -2.09. The number of benzene rings is 1. The molecule has 0 aromatic heterocycles. The summed E-state index contributed by atoms with van der Waals surface area (Å²) in [5.41, 5.74) is 8.35. The van der Waals surface area contributed by atoms with E-state index in [1.165, 1.54) is 6.07 Å². The topological polar surface area (TPSA) is 26.0 Å². The number of hydrogen-bond donors (Lipinski definition) is 1. The predicted octanol–water partition coefficient (Wildman–Crippen LogP) is 2.66. The van der Waals surface area contributed by atoms with Crippen LogP contribution in [0.1, 0.15) is 16.7 Å². The molecular weight excluding hydrogens is 221 g/mol. The summed E-state index contributed by atoms with van der Waals surface area (Å²) in [6.45, 7) is 4.19. The Morgan fingerprint density at radius 1 is 1.50 bits per heavy atom. The van der Waals surface area contributed by atoms with E-state index in [2.05, 4.69) is 15.9 Å². The molecule has 1 aromatic carbocycles. The molecule has 0 heterocycles. The lowest BCUT2D eigenvalue weighted by atomic mass is 10.0. The van der Waals surface area contributed by atoms with Gasteiger partial charge in [-0.3, -0.25) is 0 Å². The monoisotopic (exact) mass is 231 g/mol. The van der Waals surface area contributed by atoms with E-state index < -0.39 is 0 Å². The van der Waals surface area contributed by atoms with Gasteiger partial charge in [0.05, 0.1) is 4.47 Å². The van der Waals surface area contributed by atoms with Crippen LogP contribution in [0, 0.1) is 19.7 Å². The zero-order valence-electron chi connectivity index (χ0n) is 7.12. The Morgan fingerprint density at radius 3 is 2.58 bits per heavy atom. The van der Waals surface area contributed by atoms with E-state index in [9.17, 15) is 4.39 Å². The molecule has 0 aliphatic carbocycles. The first-order valence-corrected chi connectivity index (χ1v) is 4.51. The second-order valence-electron chi connectivity index (χ2n) is 2.80. The summed E-state index contributed by atoms with van der Waals surface area (Å²) in [4.78, 5) is 0. The molecule has 0 aliphatic heterocycles. The minimum Gasteiger partial charge on any atom is -0.326 e. The van der Waals surface area contributed by atoms with E-state index in [0.717, 1.165) is 16.7 Å². The van der Waals surface area contributed by atoms with Gasteiger partial charge in [0.25, 0.3) is 0 Å². The van der Waals surface area contributed by atoms with E-state index in [0.29, 0.717) is 11.0 Å². The summed E-state index contributed by atoms with van der Waals surface area (Å²) in [6.07, 6.45) is 0. The van der Waals surface area contributed by atoms with Crippen LogP contribution < -0.4 is 5.73 Å². The van der Waals surface area contributed by atoms with Crippen LogP contribution in [0.4, 0.5) is 4.39 Å². The van der Waals surface area contributed by atoms with Crippen molar-refractivity contribution in [2.75, 3.05) is 0 Å². The molecule has 1 nitrogen and oxygen atoms in total. The molecule has 0 bridgehead atoms. The number of aryl methyl sites for hydroxylation is 1. The maximum atomic E-state index is 13.1. The Bertz CT molecular complexity index is 284. The van der Waals surface area contributed by atoms with Gasteiger partial charge in [0.1, 0.15) is 5.82 Å². The maximum absolute atomic E-state index is 13.1. The molecular formula is C9H11BrFN. The van der Waals surface area contributed by atoms with E-state index >= 15 is 0 Å². The molecule has 1 rings (SSSR count). The predicted molar refractivity (Wildman–Crippen MR) is 51.5 cm³/mol. The molecule has 0 saturated carbocycles. The van der Waals surface area contributed by atoms with Crippen LogP contribution >= 0.6 is 15.9 Å². The zero-order valence-corrected chi connectivity index (χ0v) is 8.70. The van der Waals surface area contributed by atoms with Crippen molar-refractivity contribution in [1.82, 2.24) is 0 Å². The van der Waals surface area contributed by atoms with Crippen molar-refractivity contribution in [3.63, 3.8) is 0 Å². The van der Waals surface area contributed by atoms with Crippen molar-refractivity contribution in [1.29, 1.82) is 0 Å². The third kappa shape index (κ3) is 1.52. The fourth-order valence-electron chi connectivity index (χ4n) is 1.15. The Hall–Kier alpha value is -0.410. The van der Waals surface area contributed by atoms with E-state index in [1.807, 2.05) is 13.8 Å². The molecule has 0 fully saturated rings. The van der Waals surface area contributed by atoms with Gasteiger partial charge in [-0.05, 0) is 52.5 Å². The molecule has 2 N–H and O–H groups in total. The summed E-state index contributed by atoms with van der Waals surface area (Å²) in [7, 11) is 0. The normalized spacial score (nSPS) is 10.4. The lowest BCUT2D eigenvalue weighted by molar-refractivity contribution is 0.616. The molecule has 12 heavy (non-hydrogen) atoms. The largest absolute Gasteiger partial charge is 0.326 e. The molecule has 66 valence electrons. The van der Waals surface area contributed by atoms with Crippen molar-refractivity contribution < 1.29 is 4.39 Å². The maximum Gasteiger partial charge on any atom is 0.137 e. The van der Waals surface area contributed by atoms with Gasteiger partial charge in [-0.25, -0.2) is 4.39 Å². The van der Waals surface area contributed by atoms with E-state index in [4.69, 9.17) is 5.73 Å². The van der Waals surface area contributed by atoms with Crippen molar-refractivity contribution in [3.8, 4) is 0 Å². The van der Waals surface area contributed by atoms with E-state index in [1.54, 1.807) is 0 Å². The molecule has 0 aliphatic rings. The van der Waals surface area contributed by atoms with Crippen molar-refractivity contribution in [3.05, 3.63) is 33.0 Å². The van der Waals surface area contributed by atoms with Gasteiger partial charge in [-0.15, -0.1) is 0 Å². The summed E-state index contributed by atoms with van der Waals surface area (Å²) < 4.78 is 13.6. The zero-order chi connectivity index (χ0) is 9.30. The van der Waals surface area contributed by atoms with Gasteiger partial charge in [0.2, 0.25) is 0 Å². The third-order valence-corrected chi connectivity index (χ3v) is 2.92. The van der Waals surface area contributed by atoms with Crippen LogP contribution in [0.3, 0.4) is 0 Å². The fourth-order valence-corrected chi connectivity index (χ4v) is 1.72. The fraction of sp³-hybridized carbons (Fsp3) is 0.333. The number of nitrogens with two attached hydrogens (primary N) is 1. The average Bonchev–Trinajstić information content (AvgIpc) is 2.02. The highest BCUT2D eigenvalue weighted by Gasteiger charge is 2.09. The molecule has 1 aromatic rings. The van der Waals surface area contributed by atoms with Crippen molar-refractivity contribution >= 4 is 15.9 Å². The highest BCUT2D eigenvalue weighted by molar-refractivity contribution is 9.10. The second-order valence-corrected chi connectivity index (χ2v) is 3.59. The summed E-state index contributed by atoms with van der Waals surface area (Å²) in [6, 6.07) is 1.51. The lowest BCUT2D eigenvalue weighted by Crippen LogP contribution is -2.03. The molecule has 0 spiro atoms. The molecule has 0 unspecified atom stereocenters. The Labute approximate surface area is 79.9 Å². The van der Waals surface area contributed by atoms with Crippen LogP contribution in [-0.2, 0) is 6.54 Å². The van der Waals surface area contributed by atoms with Gasteiger partial charge in [0, 0.05) is 6.54 Å². The minimum atomic E-state index is -0.237. The van der Waals surface area contributed by atoms with Gasteiger partial charge < -0.3 is 5.73 Å². The van der Waals surface area contributed by atoms with Crippen LogP contribution in [0.5, 0.6) is 0 Å².